The predicted molar refractivity (Wildman–Crippen MR) is 196 cm³/mol. The first-order chi connectivity index (χ1) is 24.2. The molecule has 0 radical (unpaired) electrons. The quantitative estimate of drug-likeness (QED) is 0.190. The number of hydrogen-bond acceptors (Lipinski definition) is 4. The molecule has 9 rings (SSSR count). The van der Waals surface area contributed by atoms with Crippen molar-refractivity contribution in [2.24, 2.45) is 0 Å². The van der Waals surface area contributed by atoms with Crippen molar-refractivity contribution in [1.29, 1.82) is 5.26 Å². The van der Waals surface area contributed by atoms with Gasteiger partial charge in [-0.05, 0) is 75.5 Å². The molecule has 0 saturated heterocycles. The molecule has 1 saturated carbocycles. The Morgan fingerprint density at radius 1 is 0.429 bits per heavy atom. The van der Waals surface area contributed by atoms with Crippen LogP contribution in [0.4, 0.5) is 0 Å². The highest BCUT2D eigenvalue weighted by Crippen LogP contribution is 2.57. The van der Waals surface area contributed by atoms with E-state index in [0.29, 0.717) is 17.5 Å². The van der Waals surface area contributed by atoms with E-state index in [0.717, 1.165) is 51.8 Å². The van der Waals surface area contributed by atoms with Gasteiger partial charge in [0.2, 0.25) is 0 Å². The third-order valence-electron chi connectivity index (χ3n) is 10.3. The SMILES string of the molecule is N#Cc1ccc2c(c1)C1(CCCC1)c1cc(-c3ccccc3-c3nc(-c4ccccc4)nc(-c4ccc(-c5ccccc5)cc4)n3)ccc1-2. The summed E-state index contributed by atoms with van der Waals surface area (Å²) in [5, 5.41) is 9.73. The summed E-state index contributed by atoms with van der Waals surface area (Å²) in [6, 6.07) is 53.0. The minimum Gasteiger partial charge on any atom is -0.208 e. The number of fused-ring (bicyclic) bond motifs is 5. The molecule has 7 aromatic rings. The van der Waals surface area contributed by atoms with Gasteiger partial charge < -0.3 is 0 Å². The minimum absolute atomic E-state index is 0.0464. The molecule has 49 heavy (non-hydrogen) atoms. The fraction of sp³-hybridized carbons (Fsp3) is 0.111. The molecule has 4 heteroatoms. The highest BCUT2D eigenvalue weighted by atomic mass is 15.0. The fourth-order valence-corrected chi connectivity index (χ4v) is 7.96. The van der Waals surface area contributed by atoms with E-state index >= 15 is 0 Å². The molecule has 0 atom stereocenters. The van der Waals surface area contributed by atoms with Crippen LogP contribution in [-0.4, -0.2) is 15.0 Å². The van der Waals surface area contributed by atoms with E-state index in [-0.39, 0.29) is 5.41 Å². The fourth-order valence-electron chi connectivity index (χ4n) is 7.96. The van der Waals surface area contributed by atoms with Gasteiger partial charge in [-0.1, -0.05) is 140 Å². The molecule has 1 aromatic heterocycles. The normalized spacial score (nSPS) is 13.9. The zero-order valence-corrected chi connectivity index (χ0v) is 27.0. The van der Waals surface area contributed by atoms with Crippen LogP contribution in [0.3, 0.4) is 0 Å². The predicted octanol–water partition coefficient (Wildman–Crippen LogP) is 10.9. The Morgan fingerprint density at radius 3 is 1.59 bits per heavy atom. The second-order valence-corrected chi connectivity index (χ2v) is 13.1. The number of nitrogens with zero attached hydrogens (tertiary/aromatic N) is 4. The van der Waals surface area contributed by atoms with Crippen LogP contribution in [0.15, 0.2) is 146 Å². The first kappa shape index (κ1) is 29.0. The van der Waals surface area contributed by atoms with Crippen LogP contribution in [0.1, 0.15) is 42.4 Å². The molecule has 6 aromatic carbocycles. The van der Waals surface area contributed by atoms with Gasteiger partial charge in [0.05, 0.1) is 11.6 Å². The van der Waals surface area contributed by atoms with Gasteiger partial charge in [0.1, 0.15) is 0 Å². The molecule has 2 aliphatic carbocycles. The Balaban J connectivity index is 1.18. The van der Waals surface area contributed by atoms with Crippen molar-refractivity contribution in [3.05, 3.63) is 162 Å². The standard InChI is InChI=1S/C45H32N4/c46-29-30-17-23-37-38-24-22-35(28-41(38)45(40(37)27-30)25-9-10-26-45)36-15-7-8-16-39(36)44-48-42(33-13-5-2-6-14-33)47-43(49-44)34-20-18-32(19-21-34)31-11-3-1-4-12-31/h1-8,11-24,27-28H,9-10,25-26H2. The van der Waals surface area contributed by atoms with Crippen molar-refractivity contribution in [1.82, 2.24) is 15.0 Å². The Morgan fingerprint density at radius 2 is 0.918 bits per heavy atom. The number of benzene rings is 6. The van der Waals surface area contributed by atoms with Gasteiger partial charge in [0.25, 0.3) is 0 Å². The van der Waals surface area contributed by atoms with Gasteiger partial charge in [0.15, 0.2) is 17.5 Å². The van der Waals surface area contributed by atoms with Gasteiger partial charge in [-0.15, -0.1) is 0 Å². The zero-order chi connectivity index (χ0) is 32.8. The highest BCUT2D eigenvalue weighted by Gasteiger charge is 2.45. The van der Waals surface area contributed by atoms with Crippen molar-refractivity contribution < 1.29 is 0 Å². The van der Waals surface area contributed by atoms with Gasteiger partial charge in [-0.2, -0.15) is 5.26 Å². The van der Waals surface area contributed by atoms with E-state index in [2.05, 4.69) is 109 Å². The highest BCUT2D eigenvalue weighted by molar-refractivity contribution is 5.88. The van der Waals surface area contributed by atoms with E-state index in [1.807, 2.05) is 42.5 Å². The van der Waals surface area contributed by atoms with Gasteiger partial charge >= 0.3 is 0 Å². The van der Waals surface area contributed by atoms with Gasteiger partial charge in [0, 0.05) is 22.1 Å². The largest absolute Gasteiger partial charge is 0.208 e. The molecule has 1 spiro atoms. The molecule has 1 heterocycles. The Labute approximate surface area is 286 Å². The van der Waals surface area contributed by atoms with E-state index in [1.54, 1.807) is 0 Å². The van der Waals surface area contributed by atoms with Crippen LogP contribution in [0.25, 0.3) is 67.5 Å². The molecular weight excluding hydrogens is 597 g/mol. The summed E-state index contributed by atoms with van der Waals surface area (Å²) < 4.78 is 0. The summed E-state index contributed by atoms with van der Waals surface area (Å²) in [6.45, 7) is 0. The van der Waals surface area contributed by atoms with E-state index in [4.69, 9.17) is 15.0 Å². The zero-order valence-electron chi connectivity index (χ0n) is 27.0. The lowest BCUT2D eigenvalue weighted by molar-refractivity contribution is 0.550. The molecular formula is C45H32N4. The second kappa shape index (κ2) is 11.8. The molecule has 0 aliphatic heterocycles. The number of rotatable bonds is 5. The van der Waals surface area contributed by atoms with Crippen LogP contribution in [0, 0.1) is 11.3 Å². The van der Waals surface area contributed by atoms with Crippen LogP contribution >= 0.6 is 0 Å². The summed E-state index contributed by atoms with van der Waals surface area (Å²) in [5.41, 5.74) is 13.3. The number of nitriles is 1. The van der Waals surface area contributed by atoms with Crippen molar-refractivity contribution in [3.63, 3.8) is 0 Å². The lowest BCUT2D eigenvalue weighted by Crippen LogP contribution is -2.20. The molecule has 0 bridgehead atoms. The van der Waals surface area contributed by atoms with E-state index in [1.165, 1.54) is 40.7 Å². The minimum atomic E-state index is -0.0464. The first-order valence-electron chi connectivity index (χ1n) is 17.0. The topological polar surface area (TPSA) is 62.5 Å². The summed E-state index contributed by atoms with van der Waals surface area (Å²) in [5.74, 6) is 1.93. The maximum atomic E-state index is 9.73. The molecule has 232 valence electrons. The molecule has 1 fully saturated rings. The third-order valence-corrected chi connectivity index (χ3v) is 10.3. The number of aromatic nitrogens is 3. The Kier molecular flexibility index (Phi) is 6.99. The molecule has 4 nitrogen and oxygen atoms in total. The lowest BCUT2D eigenvalue weighted by atomic mass is 9.76. The summed E-state index contributed by atoms with van der Waals surface area (Å²) in [7, 11) is 0. The first-order valence-corrected chi connectivity index (χ1v) is 17.0. The van der Waals surface area contributed by atoms with Crippen molar-refractivity contribution in [2.45, 2.75) is 31.1 Å². The van der Waals surface area contributed by atoms with Crippen molar-refractivity contribution in [3.8, 4) is 73.6 Å². The molecule has 0 N–H and O–H groups in total. The average Bonchev–Trinajstić information content (AvgIpc) is 3.78. The van der Waals surface area contributed by atoms with Crippen molar-refractivity contribution in [2.75, 3.05) is 0 Å². The molecule has 0 amide bonds. The summed E-state index contributed by atoms with van der Waals surface area (Å²) in [4.78, 5) is 15.2. The average molecular weight is 629 g/mol. The smallest absolute Gasteiger partial charge is 0.164 e. The van der Waals surface area contributed by atoms with Gasteiger partial charge in [-0.3, -0.25) is 0 Å². The Hall–Kier alpha value is -6.18. The van der Waals surface area contributed by atoms with Crippen LogP contribution in [0.2, 0.25) is 0 Å². The monoisotopic (exact) mass is 628 g/mol. The molecule has 0 unspecified atom stereocenters. The van der Waals surface area contributed by atoms with E-state index < -0.39 is 0 Å². The van der Waals surface area contributed by atoms with Crippen LogP contribution < -0.4 is 0 Å². The second-order valence-electron chi connectivity index (χ2n) is 13.1. The number of hydrogen-bond donors (Lipinski definition) is 0. The lowest BCUT2D eigenvalue weighted by Gasteiger charge is -2.27. The van der Waals surface area contributed by atoms with Gasteiger partial charge in [-0.25, -0.2) is 15.0 Å². The summed E-state index contributed by atoms with van der Waals surface area (Å²) in [6.07, 6.45) is 4.60. The maximum absolute atomic E-state index is 9.73. The van der Waals surface area contributed by atoms with Crippen LogP contribution in [-0.2, 0) is 5.41 Å². The van der Waals surface area contributed by atoms with Crippen LogP contribution in [0.5, 0.6) is 0 Å². The van der Waals surface area contributed by atoms with Crippen molar-refractivity contribution >= 4 is 0 Å². The third kappa shape index (κ3) is 4.94. The molecule has 2 aliphatic rings. The summed E-state index contributed by atoms with van der Waals surface area (Å²) >= 11 is 0. The van der Waals surface area contributed by atoms with E-state index in [9.17, 15) is 5.26 Å². The Bertz CT molecular complexity index is 2380. The maximum Gasteiger partial charge on any atom is 0.164 e.